The van der Waals surface area contributed by atoms with Crippen molar-refractivity contribution in [2.24, 2.45) is 0 Å². The molecule has 3 heteroatoms. The normalized spacial score (nSPS) is 15.1. The summed E-state index contributed by atoms with van der Waals surface area (Å²) >= 11 is 0. The van der Waals surface area contributed by atoms with Crippen LogP contribution in [0, 0.1) is 0 Å². The van der Waals surface area contributed by atoms with E-state index in [1.807, 2.05) is 48.6 Å². The number of carbonyl (C=O) groups is 1. The predicted octanol–water partition coefficient (Wildman–Crippen LogP) is 2.88. The van der Waals surface area contributed by atoms with Crippen LogP contribution in [-0.2, 0) is 10.4 Å². The lowest BCUT2D eigenvalue weighted by atomic mass is 9.81. The monoisotopic (exact) mass is 266 g/mol. The first-order valence-electron chi connectivity index (χ1n) is 6.42. The molecule has 0 heterocycles. The van der Waals surface area contributed by atoms with Gasteiger partial charge in [-0.05, 0) is 22.3 Å². The third kappa shape index (κ3) is 1.92. The van der Waals surface area contributed by atoms with E-state index in [9.17, 15) is 15.0 Å². The van der Waals surface area contributed by atoms with Gasteiger partial charge in [0.2, 0.25) is 0 Å². The second-order valence-electron chi connectivity index (χ2n) is 4.94. The fourth-order valence-corrected chi connectivity index (χ4v) is 2.77. The van der Waals surface area contributed by atoms with Gasteiger partial charge >= 0.3 is 5.97 Å². The van der Waals surface area contributed by atoms with Gasteiger partial charge in [-0.15, -0.1) is 0 Å². The van der Waals surface area contributed by atoms with Gasteiger partial charge in [-0.2, -0.15) is 0 Å². The Morgan fingerprint density at radius 2 is 1.35 bits per heavy atom. The van der Waals surface area contributed by atoms with Crippen LogP contribution in [0.5, 0.6) is 0 Å². The van der Waals surface area contributed by atoms with Gasteiger partial charge in [0.15, 0.2) is 0 Å². The molecule has 1 aliphatic carbocycles. The van der Waals surface area contributed by atoms with E-state index in [0.29, 0.717) is 11.1 Å². The van der Waals surface area contributed by atoms with Crippen LogP contribution in [0.4, 0.5) is 0 Å². The molecule has 1 aliphatic rings. The Balaban J connectivity index is 2.31. The van der Waals surface area contributed by atoms with Crippen molar-refractivity contribution >= 4 is 18.1 Å². The molecule has 3 nitrogen and oxygen atoms in total. The van der Waals surface area contributed by atoms with E-state index in [0.717, 1.165) is 11.1 Å². The van der Waals surface area contributed by atoms with Crippen molar-refractivity contribution in [1.82, 2.24) is 0 Å². The smallest absolute Gasteiger partial charge is 0.307 e. The molecular formula is C17H14O3. The highest BCUT2D eigenvalue weighted by Crippen LogP contribution is 2.40. The number of carboxylic acid groups (broad SMARTS) is 1. The van der Waals surface area contributed by atoms with Gasteiger partial charge in [0.05, 0.1) is 6.42 Å². The summed E-state index contributed by atoms with van der Waals surface area (Å²) in [5.74, 6) is -1.03. The molecule has 0 aliphatic heterocycles. The summed E-state index contributed by atoms with van der Waals surface area (Å²) < 4.78 is 0. The maximum absolute atomic E-state index is 11.2. The maximum atomic E-state index is 11.2. The topological polar surface area (TPSA) is 57.5 Å². The van der Waals surface area contributed by atoms with E-state index in [2.05, 4.69) is 0 Å². The number of aliphatic carboxylic acids is 1. The minimum atomic E-state index is -1.51. The molecule has 3 rings (SSSR count). The highest BCUT2D eigenvalue weighted by Gasteiger charge is 2.38. The highest BCUT2D eigenvalue weighted by molar-refractivity contribution is 5.79. The largest absolute Gasteiger partial charge is 0.481 e. The maximum Gasteiger partial charge on any atom is 0.307 e. The number of carboxylic acids is 1. The van der Waals surface area contributed by atoms with E-state index < -0.39 is 11.6 Å². The molecule has 0 radical (unpaired) electrons. The summed E-state index contributed by atoms with van der Waals surface area (Å²) in [4.78, 5) is 11.2. The Hall–Kier alpha value is -2.39. The molecule has 0 fully saturated rings. The van der Waals surface area contributed by atoms with Crippen molar-refractivity contribution < 1.29 is 15.0 Å². The van der Waals surface area contributed by atoms with Crippen LogP contribution >= 0.6 is 0 Å². The zero-order valence-electron chi connectivity index (χ0n) is 10.8. The van der Waals surface area contributed by atoms with Crippen molar-refractivity contribution in [2.45, 2.75) is 12.0 Å². The SMILES string of the molecule is O=C(O)CC1(O)c2ccccc2C=Cc2ccccc21. The van der Waals surface area contributed by atoms with Gasteiger partial charge < -0.3 is 10.2 Å². The van der Waals surface area contributed by atoms with Crippen LogP contribution in [0.15, 0.2) is 48.5 Å². The lowest BCUT2D eigenvalue weighted by Gasteiger charge is -2.29. The molecule has 0 atom stereocenters. The van der Waals surface area contributed by atoms with Crippen LogP contribution < -0.4 is 0 Å². The summed E-state index contributed by atoms with van der Waals surface area (Å²) in [5, 5.41) is 20.3. The van der Waals surface area contributed by atoms with Gasteiger partial charge in [-0.1, -0.05) is 60.7 Å². The van der Waals surface area contributed by atoms with E-state index >= 15 is 0 Å². The number of benzene rings is 2. The molecule has 0 saturated carbocycles. The summed E-state index contributed by atoms with van der Waals surface area (Å²) in [6.45, 7) is 0. The van der Waals surface area contributed by atoms with Crippen molar-refractivity contribution in [3.8, 4) is 0 Å². The quantitative estimate of drug-likeness (QED) is 0.878. The molecule has 0 aromatic heterocycles. The van der Waals surface area contributed by atoms with Gasteiger partial charge in [-0.3, -0.25) is 4.79 Å². The number of hydrogen-bond acceptors (Lipinski definition) is 2. The van der Waals surface area contributed by atoms with Gasteiger partial charge in [0.25, 0.3) is 0 Å². The molecule has 0 saturated heterocycles. The lowest BCUT2D eigenvalue weighted by Crippen LogP contribution is -2.31. The Morgan fingerprint density at radius 1 is 0.900 bits per heavy atom. The van der Waals surface area contributed by atoms with Gasteiger partial charge in [0, 0.05) is 0 Å². The molecule has 0 bridgehead atoms. The average molecular weight is 266 g/mol. The van der Waals surface area contributed by atoms with Crippen LogP contribution in [0.25, 0.3) is 12.2 Å². The van der Waals surface area contributed by atoms with Crippen LogP contribution in [0.1, 0.15) is 28.7 Å². The first kappa shape index (κ1) is 12.6. The molecule has 100 valence electrons. The van der Waals surface area contributed by atoms with Crippen molar-refractivity contribution in [3.63, 3.8) is 0 Å². The number of aliphatic hydroxyl groups is 1. The highest BCUT2D eigenvalue weighted by atomic mass is 16.4. The van der Waals surface area contributed by atoms with Crippen LogP contribution in [0.2, 0.25) is 0 Å². The van der Waals surface area contributed by atoms with Crippen molar-refractivity contribution in [1.29, 1.82) is 0 Å². The molecule has 2 aromatic rings. The van der Waals surface area contributed by atoms with Crippen molar-refractivity contribution in [3.05, 3.63) is 70.8 Å². The molecular weight excluding hydrogens is 252 g/mol. The lowest BCUT2D eigenvalue weighted by molar-refractivity contribution is -0.141. The van der Waals surface area contributed by atoms with Gasteiger partial charge in [0.1, 0.15) is 5.60 Å². The second-order valence-corrected chi connectivity index (χ2v) is 4.94. The van der Waals surface area contributed by atoms with Crippen molar-refractivity contribution in [2.75, 3.05) is 0 Å². The number of fused-ring (bicyclic) bond motifs is 2. The zero-order chi connectivity index (χ0) is 14.2. The molecule has 20 heavy (non-hydrogen) atoms. The molecule has 0 unspecified atom stereocenters. The Labute approximate surface area is 116 Å². The minimum Gasteiger partial charge on any atom is -0.481 e. The fourth-order valence-electron chi connectivity index (χ4n) is 2.77. The summed E-state index contributed by atoms with van der Waals surface area (Å²) in [7, 11) is 0. The molecule has 2 N–H and O–H groups in total. The molecule has 0 spiro atoms. The Bertz CT molecular complexity index is 651. The minimum absolute atomic E-state index is 0.358. The van der Waals surface area contributed by atoms with E-state index in [1.54, 1.807) is 12.1 Å². The number of hydrogen-bond donors (Lipinski definition) is 2. The third-order valence-corrected chi connectivity index (χ3v) is 3.66. The van der Waals surface area contributed by atoms with E-state index in [-0.39, 0.29) is 6.42 Å². The fraction of sp³-hybridized carbons (Fsp3) is 0.118. The zero-order valence-corrected chi connectivity index (χ0v) is 10.8. The standard InChI is InChI=1S/C17H14O3/c18-16(19)11-17(20)14-7-3-1-5-12(14)9-10-13-6-2-4-8-15(13)17/h1-10,20H,11H2,(H,18,19). The average Bonchev–Trinajstić information content (AvgIpc) is 2.55. The summed E-state index contributed by atoms with van der Waals surface area (Å²) in [6.07, 6.45) is 3.46. The van der Waals surface area contributed by atoms with Crippen LogP contribution in [-0.4, -0.2) is 16.2 Å². The second kappa shape index (κ2) is 4.62. The van der Waals surface area contributed by atoms with Crippen LogP contribution in [0.3, 0.4) is 0 Å². The Morgan fingerprint density at radius 3 is 1.80 bits per heavy atom. The first-order valence-corrected chi connectivity index (χ1v) is 6.42. The molecule has 0 amide bonds. The summed E-state index contributed by atoms with van der Waals surface area (Å²) in [6, 6.07) is 14.7. The number of rotatable bonds is 2. The first-order chi connectivity index (χ1) is 9.61. The van der Waals surface area contributed by atoms with E-state index in [1.165, 1.54) is 0 Å². The summed E-state index contributed by atoms with van der Waals surface area (Å²) in [5.41, 5.74) is 1.43. The van der Waals surface area contributed by atoms with E-state index in [4.69, 9.17) is 0 Å². The molecule has 2 aromatic carbocycles. The third-order valence-electron chi connectivity index (χ3n) is 3.66. The van der Waals surface area contributed by atoms with Gasteiger partial charge in [-0.25, -0.2) is 0 Å². The Kier molecular flexibility index (Phi) is 2.92. The predicted molar refractivity (Wildman–Crippen MR) is 77.1 cm³/mol.